The molecule has 116 valence electrons. The summed E-state index contributed by atoms with van der Waals surface area (Å²) >= 11 is 0. The number of nitrogens with two attached hydrogens (primary N) is 1. The highest BCUT2D eigenvalue weighted by Gasteiger charge is 2.37. The molecule has 0 aromatic carbocycles. The van der Waals surface area contributed by atoms with Gasteiger partial charge in [-0.3, -0.25) is 4.79 Å². The van der Waals surface area contributed by atoms with E-state index in [9.17, 15) is 13.2 Å². The number of Topliss-reactive ketones (excluding diaryl/α,β-unsaturated/α-hetero) is 1. The summed E-state index contributed by atoms with van der Waals surface area (Å²) in [5.74, 6) is 0.269. The van der Waals surface area contributed by atoms with Crippen LogP contribution in [0.2, 0.25) is 0 Å². The van der Waals surface area contributed by atoms with E-state index in [-0.39, 0.29) is 11.7 Å². The van der Waals surface area contributed by atoms with E-state index < -0.39 is 15.6 Å². The van der Waals surface area contributed by atoms with Gasteiger partial charge in [-0.25, -0.2) is 12.7 Å². The average molecular weight is 302 g/mol. The van der Waals surface area contributed by atoms with Gasteiger partial charge in [-0.05, 0) is 31.6 Å². The summed E-state index contributed by atoms with van der Waals surface area (Å²) in [5, 5.41) is 0. The van der Waals surface area contributed by atoms with Crippen LogP contribution in [0.3, 0.4) is 0 Å². The molecule has 0 bridgehead atoms. The Morgan fingerprint density at radius 2 is 1.90 bits per heavy atom. The normalized spacial score (nSPS) is 28.2. The summed E-state index contributed by atoms with van der Waals surface area (Å²) in [4.78, 5) is 12.5. The summed E-state index contributed by atoms with van der Waals surface area (Å²) in [6.07, 6.45) is 8.23. The zero-order valence-electron chi connectivity index (χ0n) is 12.3. The van der Waals surface area contributed by atoms with Crippen molar-refractivity contribution in [1.82, 2.24) is 4.31 Å². The van der Waals surface area contributed by atoms with Crippen molar-refractivity contribution in [3.05, 3.63) is 0 Å². The van der Waals surface area contributed by atoms with E-state index in [4.69, 9.17) is 5.73 Å². The molecule has 1 atom stereocenters. The number of ketones is 1. The van der Waals surface area contributed by atoms with Gasteiger partial charge in [-0.15, -0.1) is 0 Å². The van der Waals surface area contributed by atoms with E-state index >= 15 is 0 Å². The van der Waals surface area contributed by atoms with Crippen molar-refractivity contribution in [3.63, 3.8) is 0 Å². The molecule has 1 heterocycles. The van der Waals surface area contributed by atoms with E-state index in [2.05, 4.69) is 0 Å². The summed E-state index contributed by atoms with van der Waals surface area (Å²) in [5.41, 5.74) is 5.61. The van der Waals surface area contributed by atoms with Gasteiger partial charge in [-0.2, -0.15) is 0 Å². The molecule has 20 heavy (non-hydrogen) atoms. The fourth-order valence-corrected chi connectivity index (χ4v) is 4.36. The molecule has 0 aromatic rings. The Hall–Kier alpha value is -0.460. The second kappa shape index (κ2) is 6.12. The van der Waals surface area contributed by atoms with Crippen LogP contribution >= 0.6 is 0 Å². The highest BCUT2D eigenvalue weighted by molar-refractivity contribution is 7.88. The second-order valence-electron chi connectivity index (χ2n) is 6.47. The standard InChI is InChI=1S/C14H26N2O3S/c1-20(18,19)16-9-5-6-12(11-16)10-13(17)14(15)7-3-2-4-8-14/h12H,2-11,15H2,1H3. The molecule has 2 rings (SSSR count). The monoisotopic (exact) mass is 302 g/mol. The molecular formula is C14H26N2O3S. The van der Waals surface area contributed by atoms with Crippen LogP contribution in [0.25, 0.3) is 0 Å². The lowest BCUT2D eigenvalue weighted by Gasteiger charge is -2.35. The predicted molar refractivity (Wildman–Crippen MR) is 78.8 cm³/mol. The van der Waals surface area contributed by atoms with E-state index in [0.29, 0.717) is 19.5 Å². The molecule has 0 amide bonds. The Morgan fingerprint density at radius 1 is 1.25 bits per heavy atom. The quantitative estimate of drug-likeness (QED) is 0.848. The Morgan fingerprint density at radius 3 is 2.50 bits per heavy atom. The number of carbonyl (C=O) groups is 1. The SMILES string of the molecule is CS(=O)(=O)N1CCCC(CC(=O)C2(N)CCCCC2)C1. The van der Waals surface area contributed by atoms with Crippen LogP contribution in [0.1, 0.15) is 51.4 Å². The van der Waals surface area contributed by atoms with Crippen LogP contribution in [0.15, 0.2) is 0 Å². The van der Waals surface area contributed by atoms with Gasteiger partial charge in [0.05, 0.1) is 11.8 Å². The third kappa shape index (κ3) is 3.80. The lowest BCUT2D eigenvalue weighted by molar-refractivity contribution is -0.126. The molecule has 2 N–H and O–H groups in total. The first kappa shape index (κ1) is 15.9. The van der Waals surface area contributed by atoms with Crippen LogP contribution in [-0.4, -0.2) is 43.4 Å². The number of nitrogens with zero attached hydrogens (tertiary/aromatic N) is 1. The molecule has 0 aromatic heterocycles. The van der Waals surface area contributed by atoms with Crippen LogP contribution in [0.5, 0.6) is 0 Å². The second-order valence-corrected chi connectivity index (χ2v) is 8.46. The van der Waals surface area contributed by atoms with E-state index in [1.165, 1.54) is 10.6 Å². The van der Waals surface area contributed by atoms with E-state index in [1.807, 2.05) is 0 Å². The van der Waals surface area contributed by atoms with Crippen LogP contribution in [0, 0.1) is 5.92 Å². The molecule has 1 aliphatic carbocycles. The first-order valence-corrected chi connectivity index (χ1v) is 9.43. The highest BCUT2D eigenvalue weighted by Crippen LogP contribution is 2.30. The summed E-state index contributed by atoms with van der Waals surface area (Å²) in [6.45, 7) is 1.05. The third-order valence-electron chi connectivity index (χ3n) is 4.73. The minimum Gasteiger partial charge on any atom is -0.319 e. The van der Waals surface area contributed by atoms with Gasteiger partial charge in [-0.1, -0.05) is 19.3 Å². The molecule has 1 aliphatic heterocycles. The average Bonchev–Trinajstić information content (AvgIpc) is 2.39. The molecule has 1 saturated heterocycles. The van der Waals surface area contributed by atoms with Gasteiger partial charge in [0.15, 0.2) is 5.78 Å². The Bertz CT molecular complexity index is 455. The van der Waals surface area contributed by atoms with Crippen molar-refractivity contribution in [3.8, 4) is 0 Å². The fourth-order valence-electron chi connectivity index (χ4n) is 3.42. The third-order valence-corrected chi connectivity index (χ3v) is 6.00. The maximum Gasteiger partial charge on any atom is 0.211 e. The summed E-state index contributed by atoms with van der Waals surface area (Å²) in [7, 11) is -3.14. The molecule has 0 radical (unpaired) electrons. The smallest absolute Gasteiger partial charge is 0.211 e. The maximum atomic E-state index is 12.5. The van der Waals surface area contributed by atoms with Crippen LogP contribution in [0.4, 0.5) is 0 Å². The molecule has 2 aliphatic rings. The van der Waals surface area contributed by atoms with Gasteiger partial charge in [0.1, 0.15) is 0 Å². The van der Waals surface area contributed by atoms with Gasteiger partial charge in [0.2, 0.25) is 10.0 Å². The zero-order valence-corrected chi connectivity index (χ0v) is 13.1. The maximum absolute atomic E-state index is 12.5. The topological polar surface area (TPSA) is 80.5 Å². The van der Waals surface area contributed by atoms with Crippen molar-refractivity contribution in [2.75, 3.05) is 19.3 Å². The molecule has 2 fully saturated rings. The summed E-state index contributed by atoms with van der Waals surface area (Å²) in [6, 6.07) is 0. The minimum absolute atomic E-state index is 0.133. The van der Waals surface area contributed by atoms with E-state index in [0.717, 1.165) is 44.9 Å². The zero-order chi connectivity index (χ0) is 14.8. The largest absolute Gasteiger partial charge is 0.319 e. The van der Waals surface area contributed by atoms with Crippen molar-refractivity contribution >= 4 is 15.8 Å². The Kier molecular flexibility index (Phi) is 4.87. The van der Waals surface area contributed by atoms with Crippen molar-refractivity contribution in [2.45, 2.75) is 56.9 Å². The predicted octanol–water partition coefficient (Wildman–Crippen LogP) is 1.28. The Balaban J connectivity index is 1.94. The van der Waals surface area contributed by atoms with Crippen molar-refractivity contribution < 1.29 is 13.2 Å². The van der Waals surface area contributed by atoms with E-state index in [1.54, 1.807) is 0 Å². The highest BCUT2D eigenvalue weighted by atomic mass is 32.2. The molecule has 1 saturated carbocycles. The minimum atomic E-state index is -3.14. The lowest BCUT2D eigenvalue weighted by atomic mass is 9.76. The van der Waals surface area contributed by atoms with Crippen molar-refractivity contribution in [1.29, 1.82) is 0 Å². The van der Waals surface area contributed by atoms with Crippen LogP contribution in [-0.2, 0) is 14.8 Å². The van der Waals surface area contributed by atoms with Gasteiger partial charge < -0.3 is 5.73 Å². The first-order valence-electron chi connectivity index (χ1n) is 7.58. The lowest BCUT2D eigenvalue weighted by Crippen LogP contribution is -2.50. The van der Waals surface area contributed by atoms with Gasteiger partial charge in [0.25, 0.3) is 0 Å². The number of hydrogen-bond acceptors (Lipinski definition) is 4. The molecule has 1 unspecified atom stereocenters. The molecule has 6 heteroatoms. The molecule has 5 nitrogen and oxygen atoms in total. The van der Waals surface area contributed by atoms with Gasteiger partial charge in [0, 0.05) is 19.5 Å². The van der Waals surface area contributed by atoms with Crippen molar-refractivity contribution in [2.24, 2.45) is 11.7 Å². The number of rotatable bonds is 4. The number of piperidine rings is 1. The molecule has 0 spiro atoms. The number of carbonyl (C=O) groups excluding carboxylic acids is 1. The van der Waals surface area contributed by atoms with Gasteiger partial charge >= 0.3 is 0 Å². The fraction of sp³-hybridized carbons (Fsp3) is 0.929. The Labute approximate surface area is 121 Å². The number of hydrogen-bond donors (Lipinski definition) is 1. The molecular weight excluding hydrogens is 276 g/mol. The first-order chi connectivity index (χ1) is 9.31. The van der Waals surface area contributed by atoms with Crippen LogP contribution < -0.4 is 5.73 Å². The number of sulfonamides is 1. The summed E-state index contributed by atoms with van der Waals surface area (Å²) < 4.78 is 24.7.